The molecule has 1 rings (SSSR count). The zero-order chi connectivity index (χ0) is 15.3. The molecule has 3 N–H and O–H groups in total. The number of anilines is 1. The highest BCUT2D eigenvalue weighted by Gasteiger charge is 1.98. The van der Waals surface area contributed by atoms with Crippen LogP contribution in [0.1, 0.15) is 33.1 Å². The number of nitrogens with one attached hydrogen (secondary N) is 3. The van der Waals surface area contributed by atoms with Crippen molar-refractivity contribution in [2.45, 2.75) is 33.1 Å². The van der Waals surface area contributed by atoms with E-state index in [-0.39, 0.29) is 24.0 Å². The monoisotopic (exact) mass is 419 g/mol. The number of aromatic nitrogens is 1. The van der Waals surface area contributed by atoms with E-state index in [0.717, 1.165) is 50.7 Å². The normalized spacial score (nSPS) is 11.0. The van der Waals surface area contributed by atoms with Gasteiger partial charge >= 0.3 is 0 Å². The molecule has 1 aromatic heterocycles. The third-order valence-electron chi connectivity index (χ3n) is 3.10. The number of pyridine rings is 1. The number of nitrogens with zero attached hydrogens (tertiary/aromatic N) is 2. The van der Waals surface area contributed by atoms with E-state index in [4.69, 9.17) is 0 Å². The van der Waals surface area contributed by atoms with E-state index in [2.05, 4.69) is 39.8 Å². The van der Waals surface area contributed by atoms with E-state index in [1.807, 2.05) is 25.2 Å². The van der Waals surface area contributed by atoms with Crippen LogP contribution in [0.2, 0.25) is 0 Å². The van der Waals surface area contributed by atoms with E-state index in [0.29, 0.717) is 5.92 Å². The molecule has 0 unspecified atom stereocenters. The molecule has 0 saturated carbocycles. The number of hydrogen-bond acceptors (Lipinski definition) is 3. The van der Waals surface area contributed by atoms with Crippen molar-refractivity contribution in [2.24, 2.45) is 10.9 Å². The number of aliphatic imine (C=N–C) groups is 1. The quantitative estimate of drug-likeness (QED) is 0.249. The molecule has 5 nitrogen and oxygen atoms in total. The van der Waals surface area contributed by atoms with Gasteiger partial charge in [0.1, 0.15) is 5.82 Å². The molecule has 0 spiro atoms. The van der Waals surface area contributed by atoms with Gasteiger partial charge in [-0.3, -0.25) is 4.99 Å². The lowest BCUT2D eigenvalue weighted by Gasteiger charge is -2.12. The minimum absolute atomic E-state index is 0. The molecule has 0 atom stereocenters. The summed E-state index contributed by atoms with van der Waals surface area (Å²) in [4.78, 5) is 8.45. The van der Waals surface area contributed by atoms with Gasteiger partial charge in [0.05, 0.1) is 0 Å². The predicted molar refractivity (Wildman–Crippen MR) is 106 cm³/mol. The molecule has 0 saturated heterocycles. The van der Waals surface area contributed by atoms with Gasteiger partial charge in [-0.2, -0.15) is 0 Å². The summed E-state index contributed by atoms with van der Waals surface area (Å²) in [5.41, 5.74) is 0. The summed E-state index contributed by atoms with van der Waals surface area (Å²) in [5, 5.41) is 9.98. The Kier molecular flexibility index (Phi) is 13.0. The Bertz CT molecular complexity index is 395. The van der Waals surface area contributed by atoms with Gasteiger partial charge in [-0.1, -0.05) is 19.9 Å². The third-order valence-corrected chi connectivity index (χ3v) is 3.10. The summed E-state index contributed by atoms with van der Waals surface area (Å²) >= 11 is 0. The first-order valence-electron chi connectivity index (χ1n) is 7.81. The Labute approximate surface area is 151 Å². The molecular formula is C16H30IN5. The van der Waals surface area contributed by atoms with Crippen LogP contribution in [0.4, 0.5) is 5.82 Å². The number of unbranched alkanes of at least 4 members (excludes halogenated alkanes) is 1. The van der Waals surface area contributed by atoms with E-state index in [1.54, 1.807) is 6.20 Å². The fourth-order valence-electron chi connectivity index (χ4n) is 1.84. The largest absolute Gasteiger partial charge is 0.370 e. The fraction of sp³-hybridized carbons (Fsp3) is 0.625. The van der Waals surface area contributed by atoms with Gasteiger partial charge in [0.15, 0.2) is 5.96 Å². The number of rotatable bonds is 9. The second kappa shape index (κ2) is 13.6. The Morgan fingerprint density at radius 1 is 1.14 bits per heavy atom. The first-order valence-corrected chi connectivity index (χ1v) is 7.81. The standard InChI is InChI=1S/C16H29N5.HI/c1-14(2)9-13-21-16(17-3)20-12-7-6-11-19-15-8-4-5-10-18-15;/h4-5,8,10,14H,6-7,9,11-13H2,1-3H3,(H,18,19)(H2,17,20,21);1H. The minimum atomic E-state index is 0. The predicted octanol–water partition coefficient (Wildman–Crippen LogP) is 3.10. The summed E-state index contributed by atoms with van der Waals surface area (Å²) in [5.74, 6) is 2.55. The smallest absolute Gasteiger partial charge is 0.190 e. The number of guanidine groups is 1. The van der Waals surface area contributed by atoms with Crippen LogP contribution in [-0.2, 0) is 0 Å². The van der Waals surface area contributed by atoms with Crippen molar-refractivity contribution in [2.75, 3.05) is 32.0 Å². The van der Waals surface area contributed by atoms with Crippen LogP contribution in [-0.4, -0.2) is 37.6 Å². The van der Waals surface area contributed by atoms with Crippen LogP contribution in [0.25, 0.3) is 0 Å². The molecule has 1 aromatic rings. The summed E-state index contributed by atoms with van der Waals surface area (Å²) in [6.07, 6.45) is 5.17. The van der Waals surface area contributed by atoms with Crippen molar-refractivity contribution in [3.05, 3.63) is 24.4 Å². The average molecular weight is 419 g/mol. The van der Waals surface area contributed by atoms with Gasteiger partial charge in [0.2, 0.25) is 0 Å². The van der Waals surface area contributed by atoms with E-state index >= 15 is 0 Å². The lowest BCUT2D eigenvalue weighted by atomic mass is 10.1. The summed E-state index contributed by atoms with van der Waals surface area (Å²) < 4.78 is 0. The van der Waals surface area contributed by atoms with E-state index < -0.39 is 0 Å². The zero-order valence-electron chi connectivity index (χ0n) is 13.9. The molecule has 126 valence electrons. The van der Waals surface area contributed by atoms with Gasteiger partial charge in [0, 0.05) is 32.9 Å². The number of halogens is 1. The molecule has 0 fully saturated rings. The zero-order valence-corrected chi connectivity index (χ0v) is 16.3. The maximum absolute atomic E-state index is 4.23. The lowest BCUT2D eigenvalue weighted by Crippen LogP contribution is -2.38. The molecule has 6 heteroatoms. The second-order valence-corrected chi connectivity index (χ2v) is 5.46. The Hall–Kier alpha value is -1.05. The topological polar surface area (TPSA) is 61.3 Å². The molecule has 0 aromatic carbocycles. The molecule has 0 aliphatic heterocycles. The summed E-state index contributed by atoms with van der Waals surface area (Å²) in [6, 6.07) is 5.90. The summed E-state index contributed by atoms with van der Waals surface area (Å²) in [7, 11) is 1.81. The van der Waals surface area contributed by atoms with E-state index in [1.165, 1.54) is 0 Å². The summed E-state index contributed by atoms with van der Waals surface area (Å²) in [6.45, 7) is 7.31. The molecule has 0 bridgehead atoms. The third kappa shape index (κ3) is 10.6. The molecule has 0 aliphatic rings. The van der Waals surface area contributed by atoms with Gasteiger partial charge in [0.25, 0.3) is 0 Å². The van der Waals surface area contributed by atoms with Crippen LogP contribution < -0.4 is 16.0 Å². The van der Waals surface area contributed by atoms with Gasteiger partial charge < -0.3 is 16.0 Å². The van der Waals surface area contributed by atoms with Crippen molar-refractivity contribution in [1.82, 2.24) is 15.6 Å². The second-order valence-electron chi connectivity index (χ2n) is 5.46. The van der Waals surface area contributed by atoms with E-state index in [9.17, 15) is 0 Å². The number of hydrogen-bond donors (Lipinski definition) is 3. The maximum Gasteiger partial charge on any atom is 0.190 e. The minimum Gasteiger partial charge on any atom is -0.370 e. The Morgan fingerprint density at radius 2 is 1.86 bits per heavy atom. The molecule has 1 heterocycles. The van der Waals surface area contributed by atoms with Gasteiger partial charge in [-0.15, -0.1) is 24.0 Å². The van der Waals surface area contributed by atoms with Crippen LogP contribution in [0.15, 0.2) is 29.4 Å². The molecular weight excluding hydrogens is 389 g/mol. The average Bonchev–Trinajstić information content (AvgIpc) is 2.49. The Balaban J connectivity index is 0.00000441. The highest BCUT2D eigenvalue weighted by Crippen LogP contribution is 2.00. The van der Waals surface area contributed by atoms with Crippen molar-refractivity contribution < 1.29 is 0 Å². The van der Waals surface area contributed by atoms with Gasteiger partial charge in [-0.05, 0) is 37.3 Å². The highest BCUT2D eigenvalue weighted by atomic mass is 127. The Morgan fingerprint density at radius 3 is 2.50 bits per heavy atom. The molecule has 0 aliphatic carbocycles. The van der Waals surface area contributed by atoms with Crippen molar-refractivity contribution in [1.29, 1.82) is 0 Å². The SMILES string of the molecule is CN=C(NCCCCNc1ccccn1)NCCC(C)C.I. The van der Waals surface area contributed by atoms with Crippen molar-refractivity contribution >= 4 is 35.8 Å². The molecule has 0 radical (unpaired) electrons. The van der Waals surface area contributed by atoms with Crippen LogP contribution in [0, 0.1) is 5.92 Å². The molecule has 0 amide bonds. The van der Waals surface area contributed by atoms with Crippen LogP contribution in [0.3, 0.4) is 0 Å². The van der Waals surface area contributed by atoms with Crippen molar-refractivity contribution in [3.63, 3.8) is 0 Å². The fourth-order valence-corrected chi connectivity index (χ4v) is 1.84. The van der Waals surface area contributed by atoms with Crippen LogP contribution >= 0.6 is 24.0 Å². The first kappa shape index (κ1) is 20.9. The molecule has 22 heavy (non-hydrogen) atoms. The van der Waals surface area contributed by atoms with Crippen LogP contribution in [0.5, 0.6) is 0 Å². The van der Waals surface area contributed by atoms with Gasteiger partial charge in [-0.25, -0.2) is 4.98 Å². The maximum atomic E-state index is 4.23. The van der Waals surface area contributed by atoms with Crippen molar-refractivity contribution in [3.8, 4) is 0 Å². The first-order chi connectivity index (χ1) is 10.2. The highest BCUT2D eigenvalue weighted by molar-refractivity contribution is 14.0. The lowest BCUT2D eigenvalue weighted by molar-refractivity contribution is 0.573.